The number of aromatic amines is 1. The molecule has 5 nitrogen and oxygen atoms in total. The van der Waals surface area contributed by atoms with Gasteiger partial charge in [-0.05, 0) is 47.9 Å². The minimum atomic E-state index is 0.583. The van der Waals surface area contributed by atoms with Crippen LogP contribution in [0.1, 0.15) is 24.3 Å². The summed E-state index contributed by atoms with van der Waals surface area (Å²) >= 11 is 1.73. The monoisotopic (exact) mass is 335 g/mol. The standard InChI is InChI=1S/C18H17N5S/c1-2-13-14(10-20-17(13)19-6-1)12-3-7-23(8-4-12)18-16-15(5-9-24-16)21-11-22-18/h1-2,5-6,9-12H,3-4,7-8H2,(H,19,20). The largest absolute Gasteiger partial charge is 0.355 e. The lowest BCUT2D eigenvalue weighted by Crippen LogP contribution is -2.33. The number of piperidine rings is 1. The molecular formula is C18H17N5S. The van der Waals surface area contributed by atoms with Crippen LogP contribution in [0.3, 0.4) is 0 Å². The molecule has 1 N–H and O–H groups in total. The molecule has 0 spiro atoms. The first-order valence-corrected chi connectivity index (χ1v) is 9.13. The number of H-pyrrole nitrogens is 1. The fourth-order valence-electron chi connectivity index (χ4n) is 3.72. The number of anilines is 1. The van der Waals surface area contributed by atoms with E-state index >= 15 is 0 Å². The Morgan fingerprint density at radius 2 is 2.04 bits per heavy atom. The first-order valence-electron chi connectivity index (χ1n) is 8.25. The predicted molar refractivity (Wildman–Crippen MR) is 97.7 cm³/mol. The average molecular weight is 335 g/mol. The zero-order valence-electron chi connectivity index (χ0n) is 13.1. The van der Waals surface area contributed by atoms with Crippen LogP contribution < -0.4 is 4.90 Å². The highest BCUT2D eigenvalue weighted by Crippen LogP contribution is 2.35. The van der Waals surface area contributed by atoms with Crippen molar-refractivity contribution >= 4 is 38.4 Å². The predicted octanol–water partition coefficient (Wildman–Crippen LogP) is 3.95. The molecule has 4 aromatic rings. The molecule has 5 rings (SSSR count). The molecule has 1 aliphatic rings. The molecule has 5 heterocycles. The second-order valence-corrected chi connectivity index (χ2v) is 7.15. The van der Waals surface area contributed by atoms with E-state index < -0.39 is 0 Å². The van der Waals surface area contributed by atoms with Crippen LogP contribution in [0.5, 0.6) is 0 Å². The minimum Gasteiger partial charge on any atom is -0.355 e. The summed E-state index contributed by atoms with van der Waals surface area (Å²) in [6.07, 6.45) is 7.94. The van der Waals surface area contributed by atoms with Gasteiger partial charge in [-0.2, -0.15) is 0 Å². The number of fused-ring (bicyclic) bond motifs is 2. The molecule has 120 valence electrons. The molecule has 0 aromatic carbocycles. The van der Waals surface area contributed by atoms with Gasteiger partial charge in [0.2, 0.25) is 0 Å². The first kappa shape index (κ1) is 13.9. The Bertz CT molecular complexity index is 997. The number of rotatable bonds is 2. The van der Waals surface area contributed by atoms with Crippen molar-refractivity contribution in [2.45, 2.75) is 18.8 Å². The molecule has 24 heavy (non-hydrogen) atoms. The summed E-state index contributed by atoms with van der Waals surface area (Å²) in [5.41, 5.74) is 3.45. The maximum Gasteiger partial charge on any atom is 0.150 e. The van der Waals surface area contributed by atoms with Gasteiger partial charge in [-0.15, -0.1) is 11.3 Å². The third-order valence-electron chi connectivity index (χ3n) is 4.94. The summed E-state index contributed by atoms with van der Waals surface area (Å²) in [4.78, 5) is 19.0. The van der Waals surface area contributed by atoms with Gasteiger partial charge in [0.1, 0.15) is 17.8 Å². The zero-order chi connectivity index (χ0) is 15.9. The van der Waals surface area contributed by atoms with E-state index in [1.54, 1.807) is 17.7 Å². The molecule has 6 heteroatoms. The van der Waals surface area contributed by atoms with Crippen LogP contribution in [-0.4, -0.2) is 33.0 Å². The molecule has 0 unspecified atom stereocenters. The Kier molecular flexibility index (Phi) is 3.23. The summed E-state index contributed by atoms with van der Waals surface area (Å²) < 4.78 is 1.20. The van der Waals surface area contributed by atoms with E-state index in [4.69, 9.17) is 0 Å². The van der Waals surface area contributed by atoms with E-state index in [1.807, 2.05) is 12.3 Å². The van der Waals surface area contributed by atoms with Gasteiger partial charge in [-0.25, -0.2) is 15.0 Å². The molecule has 0 aliphatic carbocycles. The zero-order valence-corrected chi connectivity index (χ0v) is 14.0. The van der Waals surface area contributed by atoms with Crippen molar-refractivity contribution in [3.8, 4) is 0 Å². The van der Waals surface area contributed by atoms with Crippen molar-refractivity contribution in [3.05, 3.63) is 47.9 Å². The molecule has 1 fully saturated rings. The number of nitrogens with one attached hydrogen (secondary N) is 1. The van der Waals surface area contributed by atoms with Crippen LogP contribution in [-0.2, 0) is 0 Å². The summed E-state index contributed by atoms with van der Waals surface area (Å²) in [7, 11) is 0. The number of aromatic nitrogens is 4. The normalized spacial score (nSPS) is 16.2. The maximum atomic E-state index is 4.55. The van der Waals surface area contributed by atoms with Crippen LogP contribution in [0, 0.1) is 0 Å². The third kappa shape index (κ3) is 2.17. The van der Waals surface area contributed by atoms with Gasteiger partial charge in [0.05, 0.1) is 10.2 Å². The molecule has 0 saturated carbocycles. The van der Waals surface area contributed by atoms with E-state index in [9.17, 15) is 0 Å². The molecule has 0 bridgehead atoms. The number of hydrogen-bond acceptors (Lipinski definition) is 5. The second-order valence-electron chi connectivity index (χ2n) is 6.24. The maximum absolute atomic E-state index is 4.55. The van der Waals surface area contributed by atoms with Gasteiger partial charge < -0.3 is 9.88 Å². The van der Waals surface area contributed by atoms with Crippen LogP contribution in [0.2, 0.25) is 0 Å². The van der Waals surface area contributed by atoms with Crippen molar-refractivity contribution in [2.24, 2.45) is 0 Å². The minimum absolute atomic E-state index is 0.583. The van der Waals surface area contributed by atoms with E-state index in [2.05, 4.69) is 48.5 Å². The van der Waals surface area contributed by atoms with Gasteiger partial charge in [-0.3, -0.25) is 0 Å². The highest BCUT2D eigenvalue weighted by Gasteiger charge is 2.24. The van der Waals surface area contributed by atoms with Crippen LogP contribution >= 0.6 is 11.3 Å². The first-order chi connectivity index (χ1) is 11.9. The topological polar surface area (TPSA) is 57.7 Å². The Morgan fingerprint density at radius 3 is 2.96 bits per heavy atom. The summed E-state index contributed by atoms with van der Waals surface area (Å²) in [6, 6.07) is 6.25. The van der Waals surface area contributed by atoms with E-state index in [1.165, 1.54) is 15.6 Å². The quantitative estimate of drug-likeness (QED) is 0.602. The summed E-state index contributed by atoms with van der Waals surface area (Å²) in [5, 5.41) is 3.35. The average Bonchev–Trinajstić information content (AvgIpc) is 3.28. The number of pyridine rings is 1. The second kappa shape index (κ2) is 5.56. The van der Waals surface area contributed by atoms with E-state index in [0.29, 0.717) is 5.92 Å². The highest BCUT2D eigenvalue weighted by molar-refractivity contribution is 7.17. The Balaban J connectivity index is 1.40. The Labute approximate surface area is 143 Å². The number of nitrogens with zero attached hydrogens (tertiary/aromatic N) is 4. The lowest BCUT2D eigenvalue weighted by atomic mass is 9.89. The van der Waals surface area contributed by atoms with Gasteiger partial charge in [0.15, 0.2) is 0 Å². The third-order valence-corrected chi connectivity index (χ3v) is 5.84. The van der Waals surface area contributed by atoms with Crippen LogP contribution in [0.25, 0.3) is 21.3 Å². The van der Waals surface area contributed by atoms with Crippen molar-refractivity contribution < 1.29 is 0 Å². The van der Waals surface area contributed by atoms with E-state index in [0.717, 1.165) is 42.9 Å². The smallest absolute Gasteiger partial charge is 0.150 e. The Hall–Kier alpha value is -2.47. The van der Waals surface area contributed by atoms with Gasteiger partial charge in [-0.1, -0.05) is 0 Å². The fraction of sp³-hybridized carbons (Fsp3) is 0.278. The van der Waals surface area contributed by atoms with Crippen LogP contribution in [0.4, 0.5) is 5.82 Å². The van der Waals surface area contributed by atoms with Gasteiger partial charge in [0.25, 0.3) is 0 Å². The number of hydrogen-bond donors (Lipinski definition) is 1. The molecule has 4 aromatic heterocycles. The van der Waals surface area contributed by atoms with Gasteiger partial charge in [0, 0.05) is 30.9 Å². The number of thiophene rings is 1. The lowest BCUT2D eigenvalue weighted by Gasteiger charge is -2.32. The highest BCUT2D eigenvalue weighted by atomic mass is 32.1. The van der Waals surface area contributed by atoms with Crippen molar-refractivity contribution in [1.82, 2.24) is 19.9 Å². The molecule has 0 atom stereocenters. The van der Waals surface area contributed by atoms with Crippen molar-refractivity contribution in [1.29, 1.82) is 0 Å². The molecule has 1 aliphatic heterocycles. The molecule has 0 amide bonds. The molecule has 0 radical (unpaired) electrons. The SMILES string of the molecule is c1cnc2[nH]cc(C3CCN(c4ncnc5ccsc45)CC3)c2c1. The molecular weight excluding hydrogens is 318 g/mol. The van der Waals surface area contributed by atoms with Crippen molar-refractivity contribution in [2.75, 3.05) is 18.0 Å². The van der Waals surface area contributed by atoms with Crippen LogP contribution in [0.15, 0.2) is 42.3 Å². The summed E-state index contributed by atoms with van der Waals surface area (Å²) in [6.45, 7) is 2.06. The molecule has 1 saturated heterocycles. The van der Waals surface area contributed by atoms with Crippen molar-refractivity contribution in [3.63, 3.8) is 0 Å². The van der Waals surface area contributed by atoms with Gasteiger partial charge >= 0.3 is 0 Å². The summed E-state index contributed by atoms with van der Waals surface area (Å²) in [5.74, 6) is 1.67. The van der Waals surface area contributed by atoms with E-state index in [-0.39, 0.29) is 0 Å². The Morgan fingerprint density at radius 1 is 1.12 bits per heavy atom. The fourth-order valence-corrected chi connectivity index (χ4v) is 4.58. The lowest BCUT2D eigenvalue weighted by molar-refractivity contribution is 0.506.